The van der Waals surface area contributed by atoms with Crippen LogP contribution in [0.4, 0.5) is 5.69 Å². The molecule has 4 nitrogen and oxygen atoms in total. The molecule has 5 heteroatoms. The number of anilines is 1. The van der Waals surface area contributed by atoms with Gasteiger partial charge in [0.15, 0.2) is 5.82 Å². The van der Waals surface area contributed by atoms with E-state index >= 15 is 0 Å². The molecule has 2 rings (SSSR count). The number of pyridine rings is 1. The Morgan fingerprint density at radius 2 is 2.00 bits per heavy atom. The van der Waals surface area contributed by atoms with Crippen molar-refractivity contribution in [3.8, 4) is 5.82 Å². The summed E-state index contributed by atoms with van der Waals surface area (Å²) < 4.78 is 2.67. The van der Waals surface area contributed by atoms with Crippen LogP contribution in [0.5, 0.6) is 0 Å². The molecule has 0 aliphatic heterocycles. The molecule has 2 heterocycles. The summed E-state index contributed by atoms with van der Waals surface area (Å²) in [5, 5.41) is 4.45. The summed E-state index contributed by atoms with van der Waals surface area (Å²) in [4.78, 5) is 4.29. The van der Waals surface area contributed by atoms with E-state index in [2.05, 4.69) is 32.9 Å². The lowest BCUT2D eigenvalue weighted by atomic mass is 10.2. The van der Waals surface area contributed by atoms with Gasteiger partial charge in [-0.15, -0.1) is 0 Å². The Hall–Kier alpha value is -1.36. The Labute approximate surface area is 103 Å². The van der Waals surface area contributed by atoms with E-state index in [1.807, 2.05) is 24.6 Å². The van der Waals surface area contributed by atoms with Crippen LogP contribution >= 0.6 is 15.9 Å². The number of aryl methyl sites for hydroxylation is 1. The van der Waals surface area contributed by atoms with Crippen LogP contribution < -0.4 is 5.73 Å². The van der Waals surface area contributed by atoms with Crippen molar-refractivity contribution in [2.75, 3.05) is 5.73 Å². The lowest BCUT2D eigenvalue weighted by molar-refractivity contribution is 0.802. The third kappa shape index (κ3) is 1.71. The molecule has 2 aromatic heterocycles. The fourth-order valence-electron chi connectivity index (χ4n) is 1.53. The lowest BCUT2D eigenvalue weighted by Gasteiger charge is -2.06. The number of hydrogen-bond donors (Lipinski definition) is 1. The summed E-state index contributed by atoms with van der Waals surface area (Å²) in [5.74, 6) is 0.767. The first-order valence-electron chi connectivity index (χ1n) is 4.95. The fourth-order valence-corrected chi connectivity index (χ4v) is 2.06. The van der Waals surface area contributed by atoms with Crippen molar-refractivity contribution in [2.24, 2.45) is 0 Å². The van der Waals surface area contributed by atoms with Gasteiger partial charge < -0.3 is 5.73 Å². The van der Waals surface area contributed by atoms with Crippen molar-refractivity contribution in [3.05, 3.63) is 33.7 Å². The molecular weight excluding hydrogens is 268 g/mol. The van der Waals surface area contributed by atoms with Crippen molar-refractivity contribution >= 4 is 21.6 Å². The average molecular weight is 281 g/mol. The van der Waals surface area contributed by atoms with Crippen molar-refractivity contribution in [3.63, 3.8) is 0 Å². The molecule has 2 aromatic rings. The van der Waals surface area contributed by atoms with Gasteiger partial charge in [0.25, 0.3) is 0 Å². The first-order valence-corrected chi connectivity index (χ1v) is 5.74. The van der Waals surface area contributed by atoms with Gasteiger partial charge in [0.05, 0.1) is 22.1 Å². The first-order chi connectivity index (χ1) is 7.50. The van der Waals surface area contributed by atoms with E-state index in [9.17, 15) is 0 Å². The molecule has 0 aliphatic carbocycles. The van der Waals surface area contributed by atoms with E-state index in [-0.39, 0.29) is 0 Å². The minimum absolute atomic E-state index is 0.633. The predicted molar refractivity (Wildman–Crippen MR) is 67.7 cm³/mol. The van der Waals surface area contributed by atoms with E-state index in [0.717, 1.165) is 21.7 Å². The van der Waals surface area contributed by atoms with Crippen LogP contribution in [0.2, 0.25) is 0 Å². The second-order valence-electron chi connectivity index (χ2n) is 3.78. The van der Waals surface area contributed by atoms with Crippen LogP contribution in [-0.2, 0) is 0 Å². The standard InChI is InChI=1S/C11H13BrN4/c1-6-7(2)15-16(8(6)3)11-10(12)4-9(13)5-14-11/h4-5H,13H2,1-3H3. The van der Waals surface area contributed by atoms with Gasteiger partial charge in [0, 0.05) is 5.69 Å². The molecular formula is C11H13BrN4. The summed E-state index contributed by atoms with van der Waals surface area (Å²) in [5.41, 5.74) is 9.59. The normalized spacial score (nSPS) is 10.8. The number of aromatic nitrogens is 3. The van der Waals surface area contributed by atoms with Gasteiger partial charge in [-0.25, -0.2) is 9.67 Å². The zero-order valence-electron chi connectivity index (χ0n) is 9.45. The highest BCUT2D eigenvalue weighted by Crippen LogP contribution is 2.23. The lowest BCUT2D eigenvalue weighted by Crippen LogP contribution is -2.03. The molecule has 0 aromatic carbocycles. The molecule has 0 aliphatic rings. The van der Waals surface area contributed by atoms with Gasteiger partial charge in [-0.3, -0.25) is 0 Å². The highest BCUT2D eigenvalue weighted by molar-refractivity contribution is 9.10. The Morgan fingerprint density at radius 1 is 1.31 bits per heavy atom. The van der Waals surface area contributed by atoms with E-state index < -0.39 is 0 Å². The van der Waals surface area contributed by atoms with Gasteiger partial charge in [-0.2, -0.15) is 5.10 Å². The van der Waals surface area contributed by atoms with E-state index in [0.29, 0.717) is 5.69 Å². The van der Waals surface area contributed by atoms with Gasteiger partial charge in [0.2, 0.25) is 0 Å². The fraction of sp³-hybridized carbons (Fsp3) is 0.273. The van der Waals surface area contributed by atoms with Gasteiger partial charge in [-0.05, 0) is 48.3 Å². The Morgan fingerprint density at radius 3 is 2.50 bits per heavy atom. The largest absolute Gasteiger partial charge is 0.397 e. The number of rotatable bonds is 1. The molecule has 0 spiro atoms. The molecule has 0 radical (unpaired) electrons. The number of nitrogens with zero attached hydrogens (tertiary/aromatic N) is 3. The van der Waals surface area contributed by atoms with E-state index in [1.54, 1.807) is 6.20 Å². The molecule has 0 atom stereocenters. The molecule has 16 heavy (non-hydrogen) atoms. The molecule has 0 unspecified atom stereocenters. The highest BCUT2D eigenvalue weighted by Gasteiger charge is 2.12. The number of halogens is 1. The topological polar surface area (TPSA) is 56.7 Å². The quantitative estimate of drug-likeness (QED) is 0.873. The van der Waals surface area contributed by atoms with Crippen molar-refractivity contribution < 1.29 is 0 Å². The number of nitrogens with two attached hydrogens (primary N) is 1. The molecule has 0 saturated carbocycles. The summed E-state index contributed by atoms with van der Waals surface area (Å²) >= 11 is 3.45. The zero-order chi connectivity index (χ0) is 11.9. The van der Waals surface area contributed by atoms with Crippen molar-refractivity contribution in [1.29, 1.82) is 0 Å². The smallest absolute Gasteiger partial charge is 0.168 e. The van der Waals surface area contributed by atoms with Crippen LogP contribution in [0, 0.1) is 20.8 Å². The third-order valence-electron chi connectivity index (χ3n) is 2.70. The second kappa shape index (κ2) is 3.90. The average Bonchev–Trinajstić information content (AvgIpc) is 2.46. The highest BCUT2D eigenvalue weighted by atomic mass is 79.9. The molecule has 0 amide bonds. The zero-order valence-corrected chi connectivity index (χ0v) is 11.0. The van der Waals surface area contributed by atoms with Crippen LogP contribution in [0.1, 0.15) is 17.0 Å². The third-order valence-corrected chi connectivity index (χ3v) is 3.28. The molecule has 2 N–H and O–H groups in total. The van der Waals surface area contributed by atoms with E-state index in [4.69, 9.17) is 5.73 Å². The van der Waals surface area contributed by atoms with Crippen LogP contribution in [-0.4, -0.2) is 14.8 Å². The van der Waals surface area contributed by atoms with Gasteiger partial charge in [0.1, 0.15) is 0 Å². The van der Waals surface area contributed by atoms with Crippen LogP contribution in [0.15, 0.2) is 16.7 Å². The van der Waals surface area contributed by atoms with Gasteiger partial charge >= 0.3 is 0 Å². The predicted octanol–water partition coefficient (Wildman–Crippen LogP) is 2.54. The molecule has 0 saturated heterocycles. The minimum Gasteiger partial charge on any atom is -0.397 e. The Balaban J connectivity index is 2.63. The summed E-state index contributed by atoms with van der Waals surface area (Å²) in [6, 6.07) is 1.83. The minimum atomic E-state index is 0.633. The maximum Gasteiger partial charge on any atom is 0.168 e. The Kier molecular flexibility index (Phi) is 2.71. The van der Waals surface area contributed by atoms with Crippen molar-refractivity contribution in [1.82, 2.24) is 14.8 Å². The van der Waals surface area contributed by atoms with Crippen LogP contribution in [0.3, 0.4) is 0 Å². The number of nitrogen functional groups attached to an aromatic ring is 1. The van der Waals surface area contributed by atoms with Crippen molar-refractivity contribution in [2.45, 2.75) is 20.8 Å². The maximum atomic E-state index is 5.66. The monoisotopic (exact) mass is 280 g/mol. The van der Waals surface area contributed by atoms with Crippen LogP contribution in [0.25, 0.3) is 5.82 Å². The molecule has 84 valence electrons. The molecule has 0 bridgehead atoms. The second-order valence-corrected chi connectivity index (χ2v) is 4.64. The summed E-state index contributed by atoms with van der Waals surface area (Å²) in [7, 11) is 0. The first kappa shape index (κ1) is 11.1. The van der Waals surface area contributed by atoms with Gasteiger partial charge in [-0.1, -0.05) is 0 Å². The maximum absolute atomic E-state index is 5.66. The number of hydrogen-bond acceptors (Lipinski definition) is 3. The summed E-state index contributed by atoms with van der Waals surface area (Å²) in [6.45, 7) is 6.07. The SMILES string of the molecule is Cc1nn(-c2ncc(N)cc2Br)c(C)c1C. The summed E-state index contributed by atoms with van der Waals surface area (Å²) in [6.07, 6.45) is 1.63. The van der Waals surface area contributed by atoms with E-state index in [1.165, 1.54) is 5.56 Å². The Bertz CT molecular complexity index is 545. The molecule has 0 fully saturated rings.